The number of hydrogen-bond acceptors (Lipinski definition) is 4. The van der Waals surface area contributed by atoms with Gasteiger partial charge in [0.1, 0.15) is 6.54 Å². The van der Waals surface area contributed by atoms with E-state index in [2.05, 4.69) is 10.5 Å². The van der Waals surface area contributed by atoms with E-state index in [4.69, 9.17) is 0 Å². The predicted molar refractivity (Wildman–Crippen MR) is 128 cm³/mol. The van der Waals surface area contributed by atoms with E-state index in [1.54, 1.807) is 30.3 Å². The zero-order valence-corrected chi connectivity index (χ0v) is 19.0. The summed E-state index contributed by atoms with van der Waals surface area (Å²) in [6, 6.07) is 25.2. The van der Waals surface area contributed by atoms with Gasteiger partial charge >= 0.3 is 0 Å². The van der Waals surface area contributed by atoms with Crippen LogP contribution in [0.3, 0.4) is 0 Å². The summed E-state index contributed by atoms with van der Waals surface area (Å²) in [5.41, 5.74) is 5.66. The molecule has 3 aromatic carbocycles. The van der Waals surface area contributed by atoms with Crippen LogP contribution in [0.5, 0.6) is 0 Å². The van der Waals surface area contributed by atoms with Gasteiger partial charge in [-0.2, -0.15) is 5.10 Å². The molecule has 32 heavy (non-hydrogen) atoms. The van der Waals surface area contributed by atoms with E-state index in [1.165, 1.54) is 17.7 Å². The average molecular weight is 450 g/mol. The zero-order chi connectivity index (χ0) is 23.0. The molecule has 3 rings (SSSR count). The van der Waals surface area contributed by atoms with Gasteiger partial charge in [0.2, 0.25) is 0 Å². The van der Waals surface area contributed by atoms with Crippen molar-refractivity contribution in [3.63, 3.8) is 0 Å². The minimum atomic E-state index is -3.93. The normalized spacial score (nSPS) is 11.8. The number of nitrogens with one attached hydrogen (secondary N) is 1. The molecular weight excluding hydrogens is 422 g/mol. The molecule has 0 atom stereocenters. The Bertz CT molecular complexity index is 1180. The highest BCUT2D eigenvalue weighted by atomic mass is 32.2. The second kappa shape index (κ2) is 10.7. The van der Waals surface area contributed by atoms with Crippen molar-refractivity contribution in [3.8, 4) is 0 Å². The third-order valence-electron chi connectivity index (χ3n) is 4.99. The van der Waals surface area contributed by atoms with Crippen LogP contribution < -0.4 is 9.73 Å². The first-order valence-electron chi connectivity index (χ1n) is 10.4. The summed E-state index contributed by atoms with van der Waals surface area (Å²) in [4.78, 5) is 12.8. The van der Waals surface area contributed by atoms with Crippen LogP contribution in [0.2, 0.25) is 0 Å². The van der Waals surface area contributed by atoms with Crippen LogP contribution in [0.25, 0.3) is 0 Å². The number of para-hydroxylation sites is 1. The minimum absolute atomic E-state index is 0.124. The number of amides is 1. The molecule has 1 N–H and O–H groups in total. The second-order valence-electron chi connectivity index (χ2n) is 7.48. The Kier molecular flexibility index (Phi) is 7.78. The lowest BCUT2D eigenvalue weighted by molar-refractivity contribution is -0.119. The summed E-state index contributed by atoms with van der Waals surface area (Å²) in [7, 11) is -3.93. The van der Waals surface area contributed by atoms with Crippen molar-refractivity contribution in [2.24, 2.45) is 5.10 Å². The highest BCUT2D eigenvalue weighted by molar-refractivity contribution is 7.92. The van der Waals surface area contributed by atoms with E-state index in [1.807, 2.05) is 56.3 Å². The Morgan fingerprint density at radius 3 is 2.16 bits per heavy atom. The van der Waals surface area contributed by atoms with Crippen molar-refractivity contribution < 1.29 is 13.2 Å². The molecule has 0 aliphatic rings. The van der Waals surface area contributed by atoms with Crippen molar-refractivity contribution >= 4 is 27.3 Å². The van der Waals surface area contributed by atoms with Gasteiger partial charge in [0.15, 0.2) is 0 Å². The highest BCUT2D eigenvalue weighted by Crippen LogP contribution is 2.26. The third kappa shape index (κ3) is 6.04. The Balaban J connectivity index is 1.75. The van der Waals surface area contributed by atoms with Crippen LogP contribution in [0.1, 0.15) is 24.5 Å². The molecular formula is C25H27N3O3S. The Labute approximate surface area is 189 Å². The van der Waals surface area contributed by atoms with Crippen molar-refractivity contribution in [1.82, 2.24) is 5.43 Å². The molecule has 0 fully saturated rings. The summed E-state index contributed by atoms with van der Waals surface area (Å²) in [6.45, 7) is 3.27. The molecule has 1 amide bonds. The molecule has 0 spiro atoms. The van der Waals surface area contributed by atoms with Crippen LogP contribution in [-0.4, -0.2) is 26.6 Å². The summed E-state index contributed by atoms with van der Waals surface area (Å²) < 4.78 is 27.8. The smallest absolute Gasteiger partial charge is 0.264 e. The number of nitrogens with zero attached hydrogens (tertiary/aromatic N) is 2. The van der Waals surface area contributed by atoms with E-state index in [0.29, 0.717) is 12.1 Å². The maximum absolute atomic E-state index is 13.3. The standard InChI is InChI=1S/C25H27N3O3S/c1-20-11-9-10-16-24(20)28(32(30,31)23-14-7-4-8-15-23)19-25(29)27-26-21(2)17-18-22-12-5-3-6-13-22/h3-16H,17-19H2,1-2H3,(H,27,29)/b26-21+. The number of benzene rings is 3. The van der Waals surface area contributed by atoms with Gasteiger partial charge in [0, 0.05) is 5.71 Å². The monoisotopic (exact) mass is 449 g/mol. The molecule has 0 saturated heterocycles. The van der Waals surface area contributed by atoms with Gasteiger partial charge in [-0.15, -0.1) is 0 Å². The number of carbonyl (C=O) groups excluding carboxylic acids is 1. The quantitative estimate of drug-likeness (QED) is 0.390. The number of sulfonamides is 1. The number of hydrazone groups is 1. The number of carbonyl (C=O) groups is 1. The van der Waals surface area contributed by atoms with Gasteiger partial charge in [-0.05, 0) is 56.0 Å². The van der Waals surface area contributed by atoms with Crippen molar-refractivity contribution in [2.75, 3.05) is 10.8 Å². The van der Waals surface area contributed by atoms with Crippen molar-refractivity contribution in [3.05, 3.63) is 96.1 Å². The van der Waals surface area contributed by atoms with Gasteiger partial charge in [-0.3, -0.25) is 9.10 Å². The number of rotatable bonds is 9. The Hall–Kier alpha value is -3.45. The molecule has 0 aliphatic heterocycles. The van der Waals surface area contributed by atoms with Gasteiger partial charge < -0.3 is 0 Å². The van der Waals surface area contributed by atoms with E-state index < -0.39 is 15.9 Å². The van der Waals surface area contributed by atoms with Crippen molar-refractivity contribution in [1.29, 1.82) is 0 Å². The fraction of sp³-hybridized carbons (Fsp3) is 0.200. The van der Waals surface area contributed by atoms with Crippen LogP contribution in [0.15, 0.2) is 94.9 Å². The lowest BCUT2D eigenvalue weighted by Gasteiger charge is -2.25. The van der Waals surface area contributed by atoms with E-state index in [-0.39, 0.29) is 11.4 Å². The lowest BCUT2D eigenvalue weighted by atomic mass is 10.1. The highest BCUT2D eigenvalue weighted by Gasteiger charge is 2.28. The van der Waals surface area contributed by atoms with E-state index in [0.717, 1.165) is 22.0 Å². The molecule has 0 radical (unpaired) electrons. The molecule has 0 saturated carbocycles. The largest absolute Gasteiger partial charge is 0.271 e. The third-order valence-corrected chi connectivity index (χ3v) is 6.77. The van der Waals surface area contributed by atoms with Gasteiger partial charge in [-0.1, -0.05) is 66.7 Å². The molecule has 7 heteroatoms. The van der Waals surface area contributed by atoms with Gasteiger partial charge in [0.25, 0.3) is 15.9 Å². The zero-order valence-electron chi connectivity index (χ0n) is 18.2. The summed E-state index contributed by atoms with van der Waals surface area (Å²) in [6.07, 6.45) is 1.50. The first-order chi connectivity index (χ1) is 15.4. The van der Waals surface area contributed by atoms with E-state index >= 15 is 0 Å². The summed E-state index contributed by atoms with van der Waals surface area (Å²) in [5, 5.41) is 4.16. The Morgan fingerprint density at radius 2 is 1.50 bits per heavy atom. The van der Waals surface area contributed by atoms with Crippen LogP contribution in [0, 0.1) is 6.92 Å². The first kappa shape index (κ1) is 23.2. The molecule has 0 heterocycles. The molecule has 0 aliphatic carbocycles. The predicted octanol–water partition coefficient (Wildman–Crippen LogP) is 4.32. The molecule has 6 nitrogen and oxygen atoms in total. The second-order valence-corrected chi connectivity index (χ2v) is 9.34. The first-order valence-corrected chi connectivity index (χ1v) is 11.8. The van der Waals surface area contributed by atoms with Gasteiger partial charge in [-0.25, -0.2) is 13.8 Å². The number of hydrogen-bond donors (Lipinski definition) is 1. The van der Waals surface area contributed by atoms with Crippen LogP contribution in [0.4, 0.5) is 5.69 Å². The summed E-state index contributed by atoms with van der Waals surface area (Å²) in [5.74, 6) is -0.508. The Morgan fingerprint density at radius 1 is 0.906 bits per heavy atom. The summed E-state index contributed by atoms with van der Waals surface area (Å²) >= 11 is 0. The fourth-order valence-corrected chi connectivity index (χ4v) is 4.72. The number of anilines is 1. The minimum Gasteiger partial charge on any atom is -0.271 e. The average Bonchev–Trinajstić information content (AvgIpc) is 2.81. The van der Waals surface area contributed by atoms with E-state index in [9.17, 15) is 13.2 Å². The van der Waals surface area contributed by atoms with Crippen LogP contribution >= 0.6 is 0 Å². The maximum atomic E-state index is 13.3. The number of aryl methyl sites for hydroxylation is 2. The van der Waals surface area contributed by atoms with Crippen molar-refractivity contribution in [2.45, 2.75) is 31.6 Å². The molecule has 0 bridgehead atoms. The molecule has 0 unspecified atom stereocenters. The molecule has 166 valence electrons. The fourth-order valence-electron chi connectivity index (χ4n) is 3.21. The van der Waals surface area contributed by atoms with Gasteiger partial charge in [0.05, 0.1) is 10.6 Å². The lowest BCUT2D eigenvalue weighted by Crippen LogP contribution is -2.40. The maximum Gasteiger partial charge on any atom is 0.264 e. The molecule has 3 aromatic rings. The molecule has 0 aromatic heterocycles. The topological polar surface area (TPSA) is 78.8 Å². The van der Waals surface area contributed by atoms with Crippen LogP contribution in [-0.2, 0) is 21.2 Å². The SMILES string of the molecule is C/C(CCc1ccccc1)=N\NC(=O)CN(c1ccccc1C)S(=O)(=O)c1ccccc1.